The van der Waals surface area contributed by atoms with Crippen LogP contribution in [0.1, 0.15) is 13.8 Å². The summed E-state index contributed by atoms with van der Waals surface area (Å²) in [6, 6.07) is 5.53. The first-order valence-corrected chi connectivity index (χ1v) is 8.50. The first-order valence-electron chi connectivity index (χ1n) is 8.50. The highest BCUT2D eigenvalue weighted by molar-refractivity contribution is 6.13. The van der Waals surface area contributed by atoms with E-state index in [0.29, 0.717) is 5.75 Å². The fourth-order valence-corrected chi connectivity index (χ4v) is 3.42. The van der Waals surface area contributed by atoms with Crippen LogP contribution in [0.4, 0.5) is 5.69 Å². The van der Waals surface area contributed by atoms with Crippen LogP contribution in [0.5, 0.6) is 5.75 Å². The molecule has 0 saturated carbocycles. The molecule has 1 aromatic carbocycles. The molecule has 0 fully saturated rings. The van der Waals surface area contributed by atoms with Gasteiger partial charge in [0.1, 0.15) is 5.75 Å². The third-order valence-corrected chi connectivity index (χ3v) is 4.81. The molecule has 1 aliphatic rings. The minimum absolute atomic E-state index is 0.0286. The second-order valence-corrected chi connectivity index (χ2v) is 6.98. The minimum Gasteiger partial charge on any atom is -0.497 e. The van der Waals surface area contributed by atoms with E-state index in [9.17, 15) is 44.4 Å². The van der Waals surface area contributed by atoms with E-state index in [1.807, 2.05) is 0 Å². The Balaban J connectivity index is 2.93. The van der Waals surface area contributed by atoms with E-state index in [-0.39, 0.29) is 5.69 Å². The monoisotopic (exact) mass is 421 g/mol. The summed E-state index contributed by atoms with van der Waals surface area (Å²) < 4.78 is 5.01. The maximum Gasteiger partial charge on any atom is 0.324 e. The van der Waals surface area contributed by atoms with Crippen molar-refractivity contribution in [2.24, 2.45) is 17.3 Å². The van der Waals surface area contributed by atoms with Gasteiger partial charge in [-0.3, -0.25) is 28.9 Å². The average molecular weight is 421 g/mol. The molecule has 1 aliphatic heterocycles. The number of rotatable bonds is 8. The summed E-state index contributed by atoms with van der Waals surface area (Å²) in [5.74, 6) is -12.7. The number of carboxylic acid groups (broad SMARTS) is 4. The standard InChI is InChI=1S/C19H19NO10/c1-19(2)12(10(14(21)22)15(23)24)13(11(16(25)26)17(27)28)20(18(19)29)8-4-6-9(30-3)7-5-8/h4-7,10-11H,1-3H3,(H,21,22)(H,23,24)(H,25,26)(H,27,28). The van der Waals surface area contributed by atoms with Crippen LogP contribution in [0.3, 0.4) is 0 Å². The molecule has 1 aromatic rings. The maximum absolute atomic E-state index is 13.2. The zero-order valence-corrected chi connectivity index (χ0v) is 16.1. The summed E-state index contributed by atoms with van der Waals surface area (Å²) in [7, 11) is 1.39. The molecule has 0 atom stereocenters. The number of nitrogens with zero attached hydrogens (tertiary/aromatic N) is 1. The number of anilines is 1. The van der Waals surface area contributed by atoms with Crippen LogP contribution in [0.15, 0.2) is 35.5 Å². The van der Waals surface area contributed by atoms with Gasteiger partial charge in [0.05, 0.1) is 18.2 Å². The second kappa shape index (κ2) is 7.85. The van der Waals surface area contributed by atoms with Crippen molar-refractivity contribution in [3.63, 3.8) is 0 Å². The van der Waals surface area contributed by atoms with Gasteiger partial charge in [-0.2, -0.15) is 0 Å². The van der Waals surface area contributed by atoms with Crippen LogP contribution in [0.25, 0.3) is 0 Å². The smallest absolute Gasteiger partial charge is 0.324 e. The van der Waals surface area contributed by atoms with Crippen molar-refractivity contribution in [3.05, 3.63) is 35.5 Å². The summed E-state index contributed by atoms with van der Waals surface area (Å²) >= 11 is 0. The molecule has 0 saturated heterocycles. The number of ether oxygens (including phenoxy) is 1. The van der Waals surface area contributed by atoms with Crippen molar-refractivity contribution in [1.29, 1.82) is 0 Å². The average Bonchev–Trinajstić information content (AvgIpc) is 2.82. The number of aliphatic carboxylic acids is 4. The Labute approximate surface area is 169 Å². The van der Waals surface area contributed by atoms with Crippen LogP contribution in [-0.2, 0) is 24.0 Å². The Bertz CT molecular complexity index is 932. The first kappa shape index (κ1) is 22.4. The van der Waals surface area contributed by atoms with Crippen molar-refractivity contribution in [3.8, 4) is 5.75 Å². The Morgan fingerprint density at radius 1 is 0.867 bits per heavy atom. The fraction of sp³-hybridized carbons (Fsp3) is 0.316. The van der Waals surface area contributed by atoms with Gasteiger partial charge in [-0.05, 0) is 43.7 Å². The van der Waals surface area contributed by atoms with Gasteiger partial charge in [-0.1, -0.05) is 0 Å². The van der Waals surface area contributed by atoms with Crippen molar-refractivity contribution in [1.82, 2.24) is 0 Å². The number of hydrogen-bond acceptors (Lipinski definition) is 6. The molecule has 11 nitrogen and oxygen atoms in total. The molecule has 0 unspecified atom stereocenters. The highest BCUT2D eigenvalue weighted by Gasteiger charge is 2.56. The number of carbonyl (C=O) groups excluding carboxylic acids is 1. The molecule has 30 heavy (non-hydrogen) atoms. The largest absolute Gasteiger partial charge is 0.497 e. The van der Waals surface area contributed by atoms with E-state index >= 15 is 0 Å². The molecule has 0 spiro atoms. The summed E-state index contributed by atoms with van der Waals surface area (Å²) in [6.45, 7) is 2.43. The molecule has 0 aliphatic carbocycles. The van der Waals surface area contributed by atoms with E-state index in [1.165, 1.54) is 45.2 Å². The molecule has 0 bridgehead atoms. The van der Waals surface area contributed by atoms with Gasteiger partial charge in [-0.25, -0.2) is 0 Å². The lowest BCUT2D eigenvalue weighted by atomic mass is 9.76. The Morgan fingerprint density at radius 3 is 1.67 bits per heavy atom. The molecular weight excluding hydrogens is 402 g/mol. The fourth-order valence-electron chi connectivity index (χ4n) is 3.42. The number of benzene rings is 1. The molecule has 0 aromatic heterocycles. The van der Waals surface area contributed by atoms with Gasteiger partial charge in [0, 0.05) is 5.69 Å². The van der Waals surface area contributed by atoms with Crippen LogP contribution in [-0.4, -0.2) is 57.3 Å². The first-order chi connectivity index (χ1) is 13.9. The summed E-state index contributed by atoms with van der Waals surface area (Å²) in [5.41, 5.74) is -3.11. The Morgan fingerprint density at radius 2 is 1.30 bits per heavy atom. The number of carbonyl (C=O) groups is 5. The lowest BCUT2D eigenvalue weighted by Gasteiger charge is -2.25. The van der Waals surface area contributed by atoms with Gasteiger partial charge >= 0.3 is 23.9 Å². The zero-order chi connectivity index (χ0) is 23.0. The molecule has 1 amide bonds. The number of carboxylic acids is 4. The molecule has 2 rings (SSSR count). The molecule has 11 heteroatoms. The van der Waals surface area contributed by atoms with Gasteiger partial charge in [0.25, 0.3) is 0 Å². The second-order valence-electron chi connectivity index (χ2n) is 6.98. The van der Waals surface area contributed by atoms with Crippen molar-refractivity contribution in [2.45, 2.75) is 13.8 Å². The van der Waals surface area contributed by atoms with Crippen LogP contribution >= 0.6 is 0 Å². The van der Waals surface area contributed by atoms with Crippen molar-refractivity contribution in [2.75, 3.05) is 12.0 Å². The number of hydrogen-bond donors (Lipinski definition) is 4. The maximum atomic E-state index is 13.2. The lowest BCUT2D eigenvalue weighted by molar-refractivity contribution is -0.155. The lowest BCUT2D eigenvalue weighted by Crippen LogP contribution is -2.38. The van der Waals surface area contributed by atoms with Gasteiger partial charge in [0.15, 0.2) is 11.8 Å². The van der Waals surface area contributed by atoms with Crippen molar-refractivity contribution >= 4 is 35.5 Å². The van der Waals surface area contributed by atoms with Crippen LogP contribution in [0.2, 0.25) is 0 Å². The molecule has 0 radical (unpaired) electrons. The number of amides is 1. The molecule has 1 heterocycles. The van der Waals surface area contributed by atoms with E-state index in [1.54, 1.807) is 0 Å². The summed E-state index contributed by atoms with van der Waals surface area (Å²) in [6.07, 6.45) is 0. The SMILES string of the molecule is COc1ccc(N2C(=O)C(C)(C)C(C(C(=O)O)C(=O)O)=C2C(C(=O)O)C(=O)O)cc1. The Kier molecular flexibility index (Phi) is 5.86. The quantitative estimate of drug-likeness (QED) is 0.440. The topological polar surface area (TPSA) is 179 Å². The third kappa shape index (κ3) is 3.56. The van der Waals surface area contributed by atoms with Crippen LogP contribution in [0, 0.1) is 17.3 Å². The minimum atomic E-state index is -2.38. The normalized spacial score (nSPS) is 15.6. The highest BCUT2D eigenvalue weighted by Crippen LogP contribution is 2.48. The van der Waals surface area contributed by atoms with Gasteiger partial charge in [-0.15, -0.1) is 0 Å². The third-order valence-electron chi connectivity index (χ3n) is 4.81. The molecule has 4 N–H and O–H groups in total. The van der Waals surface area contributed by atoms with Crippen molar-refractivity contribution < 1.29 is 49.1 Å². The zero-order valence-electron chi connectivity index (χ0n) is 16.1. The van der Waals surface area contributed by atoms with E-state index in [0.717, 1.165) is 4.90 Å². The van der Waals surface area contributed by atoms with Gasteiger partial charge < -0.3 is 25.2 Å². The van der Waals surface area contributed by atoms with E-state index < -0.39 is 58.3 Å². The molecule has 160 valence electrons. The highest BCUT2D eigenvalue weighted by atomic mass is 16.5. The van der Waals surface area contributed by atoms with Crippen LogP contribution < -0.4 is 9.64 Å². The molecular formula is C19H19NO10. The summed E-state index contributed by atoms with van der Waals surface area (Å²) in [4.78, 5) is 60.9. The number of methoxy groups -OCH3 is 1. The predicted octanol–water partition coefficient (Wildman–Crippen LogP) is 0.893. The van der Waals surface area contributed by atoms with Gasteiger partial charge in [0.2, 0.25) is 5.91 Å². The van der Waals surface area contributed by atoms with E-state index in [4.69, 9.17) is 4.74 Å². The van der Waals surface area contributed by atoms with E-state index in [2.05, 4.69) is 0 Å². The predicted molar refractivity (Wildman–Crippen MR) is 98.8 cm³/mol. The summed E-state index contributed by atoms with van der Waals surface area (Å²) in [5, 5.41) is 38.0. The Hall–Kier alpha value is -3.89.